The zero-order chi connectivity index (χ0) is 36.2. The van der Waals surface area contributed by atoms with Gasteiger partial charge >= 0.3 is 0 Å². The molecule has 0 amide bonds. The minimum absolute atomic E-state index is 0. The fourth-order valence-electron chi connectivity index (χ4n) is 6.60. The number of aliphatic hydroxyl groups is 1. The van der Waals surface area contributed by atoms with Crippen molar-refractivity contribution in [3.63, 3.8) is 0 Å². The van der Waals surface area contributed by atoms with Crippen molar-refractivity contribution >= 4 is 27.5 Å². The van der Waals surface area contributed by atoms with Gasteiger partial charge in [0.1, 0.15) is 0 Å². The number of allylic oxidation sites excluding steroid dienone is 2. The molecule has 0 aliphatic carbocycles. The molecule has 0 atom stereocenters. The maximum absolute atomic E-state index is 11.7. The van der Waals surface area contributed by atoms with Gasteiger partial charge in [0.15, 0.2) is 5.78 Å². The second kappa shape index (κ2) is 20.0. The summed E-state index contributed by atoms with van der Waals surface area (Å²) in [6.07, 6.45) is 9.98. The molecule has 1 radical (unpaired) electrons. The summed E-state index contributed by atoms with van der Waals surface area (Å²) in [7, 11) is 0. The van der Waals surface area contributed by atoms with Crippen LogP contribution >= 0.6 is 0 Å². The van der Waals surface area contributed by atoms with E-state index in [-0.39, 0.29) is 43.5 Å². The van der Waals surface area contributed by atoms with E-state index in [2.05, 4.69) is 96.8 Å². The molecule has 52 heavy (non-hydrogen) atoms. The van der Waals surface area contributed by atoms with Gasteiger partial charge in [-0.2, -0.15) is 0 Å². The van der Waals surface area contributed by atoms with Crippen LogP contribution in [0.25, 0.3) is 44.2 Å². The maximum Gasteiger partial charge on any atom is 0.162 e. The average Bonchev–Trinajstić information content (AvgIpc) is 3.16. The van der Waals surface area contributed by atoms with Gasteiger partial charge in [0.25, 0.3) is 0 Å². The normalized spacial score (nSPS) is 11.4. The quantitative estimate of drug-likeness (QED) is 0.0714. The Labute approximate surface area is 323 Å². The molecule has 5 heteroatoms. The number of aromatic nitrogens is 2. The van der Waals surface area contributed by atoms with Crippen molar-refractivity contribution in [3.8, 4) is 22.5 Å². The predicted octanol–water partition coefficient (Wildman–Crippen LogP) is 12.1. The van der Waals surface area contributed by atoms with E-state index in [1.54, 1.807) is 0 Å². The molecule has 0 spiro atoms. The molecule has 2 heterocycles. The van der Waals surface area contributed by atoms with E-state index in [1.807, 2.05) is 58.2 Å². The van der Waals surface area contributed by atoms with Gasteiger partial charge in [-0.25, -0.2) is 0 Å². The van der Waals surface area contributed by atoms with Crippen molar-refractivity contribution in [2.75, 3.05) is 0 Å². The van der Waals surface area contributed by atoms with Crippen LogP contribution < -0.4 is 0 Å². The summed E-state index contributed by atoms with van der Waals surface area (Å²) in [6.45, 7) is 10.2. The molecule has 4 aromatic carbocycles. The average molecular weight is 867 g/mol. The van der Waals surface area contributed by atoms with Crippen molar-refractivity contribution in [1.82, 2.24) is 9.97 Å². The maximum atomic E-state index is 11.7. The first-order valence-electron chi connectivity index (χ1n) is 18.5. The van der Waals surface area contributed by atoms with E-state index in [0.29, 0.717) is 0 Å². The van der Waals surface area contributed by atoms with E-state index in [9.17, 15) is 9.90 Å². The van der Waals surface area contributed by atoms with Crippen LogP contribution in [-0.4, -0.2) is 20.9 Å². The zero-order valence-electron chi connectivity index (χ0n) is 31.1. The van der Waals surface area contributed by atoms with Gasteiger partial charge in [-0.15, -0.1) is 64.5 Å². The summed E-state index contributed by atoms with van der Waals surface area (Å²) < 4.78 is 0. The second-order valence-corrected chi connectivity index (χ2v) is 13.3. The van der Waals surface area contributed by atoms with Crippen molar-refractivity contribution in [1.29, 1.82) is 0 Å². The van der Waals surface area contributed by atoms with Gasteiger partial charge in [0, 0.05) is 44.2 Å². The van der Waals surface area contributed by atoms with Gasteiger partial charge in [-0.3, -0.25) is 9.78 Å². The number of hydrogen-bond donors (Lipinski definition) is 1. The molecular weight excluding hydrogens is 817 g/mol. The number of carbonyl (C=O) groups is 1. The van der Waals surface area contributed by atoms with Gasteiger partial charge < -0.3 is 10.1 Å². The Morgan fingerprint density at radius 3 is 2.13 bits per heavy atom. The summed E-state index contributed by atoms with van der Waals surface area (Å²) in [4.78, 5) is 21.4. The van der Waals surface area contributed by atoms with Gasteiger partial charge in [0.05, 0.1) is 11.3 Å². The number of pyridine rings is 2. The Hall–Kier alpha value is -4.44. The fourth-order valence-corrected chi connectivity index (χ4v) is 6.60. The smallest absolute Gasteiger partial charge is 0.162 e. The molecule has 271 valence electrons. The topological polar surface area (TPSA) is 63.1 Å². The Morgan fingerprint density at radius 2 is 1.44 bits per heavy atom. The minimum Gasteiger partial charge on any atom is -0.512 e. The number of aryl methyl sites for hydroxylation is 3. The van der Waals surface area contributed by atoms with Crippen LogP contribution in [-0.2, 0) is 37.7 Å². The molecule has 0 saturated carbocycles. The first-order valence-corrected chi connectivity index (χ1v) is 18.5. The van der Waals surface area contributed by atoms with Crippen LogP contribution in [0.1, 0.15) is 76.5 Å². The van der Waals surface area contributed by atoms with E-state index in [1.165, 1.54) is 28.0 Å². The van der Waals surface area contributed by atoms with Crippen LogP contribution in [0.5, 0.6) is 0 Å². The number of benzene rings is 4. The first kappa shape index (κ1) is 40.3. The molecule has 0 saturated heterocycles. The molecule has 4 nitrogen and oxygen atoms in total. The van der Waals surface area contributed by atoms with Crippen LogP contribution in [0.3, 0.4) is 0 Å². The number of fused-ring (bicyclic) bond motifs is 2. The summed E-state index contributed by atoms with van der Waals surface area (Å²) >= 11 is 0. The molecular formula is C47H50IrN2O2-2. The van der Waals surface area contributed by atoms with Crippen molar-refractivity contribution in [3.05, 3.63) is 144 Å². The van der Waals surface area contributed by atoms with E-state index < -0.39 is 0 Å². The monoisotopic (exact) mass is 867 g/mol. The van der Waals surface area contributed by atoms with Crippen molar-refractivity contribution in [2.45, 2.75) is 79.6 Å². The van der Waals surface area contributed by atoms with Crippen LogP contribution in [0.4, 0.5) is 0 Å². The van der Waals surface area contributed by atoms with Crippen LogP contribution in [0.15, 0.2) is 115 Å². The molecule has 6 rings (SSSR count). The SMILES string of the molecule is CCC(CC)C(=O)/C=C(\O)C(CC)CC.Cc1[c-]c(-c2ccc3ccc(CCCc4ccc(-c5[c-]cccc5)nc4)cc3n2)c2ccccc2c1.[Ir]. The first-order chi connectivity index (χ1) is 24.8. The van der Waals surface area contributed by atoms with Crippen LogP contribution in [0.2, 0.25) is 0 Å². The molecule has 0 aliphatic rings. The van der Waals surface area contributed by atoms with Gasteiger partial charge in [-0.05, 0) is 78.9 Å². The third kappa shape index (κ3) is 10.6. The Morgan fingerprint density at radius 1 is 0.769 bits per heavy atom. The molecule has 0 bridgehead atoms. The van der Waals surface area contributed by atoms with Gasteiger partial charge in [-0.1, -0.05) is 101 Å². The zero-order valence-corrected chi connectivity index (χ0v) is 33.5. The Kier molecular flexibility index (Phi) is 15.5. The third-order valence-corrected chi connectivity index (χ3v) is 9.76. The Balaban J connectivity index is 0.000000323. The largest absolute Gasteiger partial charge is 0.512 e. The van der Waals surface area contributed by atoms with E-state index in [4.69, 9.17) is 4.98 Å². The standard InChI is InChI=1S/C34H26N2.C13H24O2.Ir/c1-24-20-29-12-5-6-13-30(29)31(21-24)33-19-17-28-16-14-25(22-34(28)36-33)8-7-9-26-15-18-32(35-23-26)27-10-3-2-4-11-27;1-5-10(6-2)12(14)9-13(15)11(7-3)8-4;/h2-6,10,12-20,22-23H,7-9H2,1H3;9-11,14H,5-8H2,1-4H3;/q-2;;/b;12-9-;. The molecule has 0 aliphatic heterocycles. The van der Waals surface area contributed by atoms with Crippen molar-refractivity contribution in [2.24, 2.45) is 11.8 Å². The predicted molar refractivity (Wildman–Crippen MR) is 213 cm³/mol. The minimum atomic E-state index is 0. The number of aliphatic hydroxyl groups excluding tert-OH is 1. The van der Waals surface area contributed by atoms with Crippen molar-refractivity contribution < 1.29 is 30.0 Å². The number of hydrogen-bond acceptors (Lipinski definition) is 4. The number of rotatable bonds is 13. The van der Waals surface area contributed by atoms with E-state index >= 15 is 0 Å². The van der Waals surface area contributed by atoms with Gasteiger partial charge in [0.2, 0.25) is 0 Å². The number of nitrogens with zero attached hydrogens (tertiary/aromatic N) is 2. The summed E-state index contributed by atoms with van der Waals surface area (Å²) in [5, 5.41) is 13.3. The molecule has 6 aromatic rings. The second-order valence-electron chi connectivity index (χ2n) is 13.3. The molecule has 2 aromatic heterocycles. The molecule has 1 N–H and O–H groups in total. The summed E-state index contributed by atoms with van der Waals surface area (Å²) in [5.41, 5.74) is 8.78. The Bertz CT molecular complexity index is 2060. The molecule has 0 fully saturated rings. The summed E-state index contributed by atoms with van der Waals surface area (Å²) in [5.74, 6) is 0.547. The summed E-state index contributed by atoms with van der Waals surface area (Å²) in [6, 6.07) is 40.6. The third-order valence-electron chi connectivity index (χ3n) is 9.76. The van der Waals surface area contributed by atoms with E-state index in [0.717, 1.165) is 83.9 Å². The fraction of sp³-hybridized carbons (Fsp3) is 0.298. The number of ketones is 1. The molecule has 0 unspecified atom stereocenters. The number of carbonyl (C=O) groups excluding carboxylic acids is 1. The van der Waals surface area contributed by atoms with Crippen LogP contribution in [0, 0.1) is 30.9 Å².